The second kappa shape index (κ2) is 4.54. The minimum atomic E-state index is -0.741. The third-order valence-electron chi connectivity index (χ3n) is 5.19. The van der Waals surface area contributed by atoms with Crippen molar-refractivity contribution in [1.82, 2.24) is 14.8 Å². The number of alkyl halides is 1. The molecule has 2 aromatic heterocycles. The Hall–Kier alpha value is -0.940. The van der Waals surface area contributed by atoms with Crippen LogP contribution in [0.25, 0.3) is 0 Å². The zero-order valence-corrected chi connectivity index (χ0v) is 13.7. The van der Waals surface area contributed by atoms with Crippen LogP contribution >= 0.6 is 22.9 Å². The summed E-state index contributed by atoms with van der Waals surface area (Å²) in [6.07, 6.45) is 5.12. The van der Waals surface area contributed by atoms with Gasteiger partial charge in [-0.05, 0) is 50.7 Å². The van der Waals surface area contributed by atoms with Crippen molar-refractivity contribution in [2.24, 2.45) is 0 Å². The van der Waals surface area contributed by atoms with Crippen LogP contribution in [0.2, 0.25) is 4.34 Å². The highest BCUT2D eigenvalue weighted by atomic mass is 35.5. The van der Waals surface area contributed by atoms with Gasteiger partial charge >= 0.3 is 0 Å². The summed E-state index contributed by atoms with van der Waals surface area (Å²) < 4.78 is 16.9. The van der Waals surface area contributed by atoms with Crippen LogP contribution in [0, 0.1) is 0 Å². The molecule has 0 spiro atoms. The van der Waals surface area contributed by atoms with Crippen molar-refractivity contribution in [2.75, 3.05) is 0 Å². The zero-order valence-electron chi connectivity index (χ0n) is 12.1. The molecule has 116 valence electrons. The molecule has 0 bridgehead atoms. The number of rotatable bonds is 4. The van der Waals surface area contributed by atoms with Gasteiger partial charge in [0.05, 0.1) is 9.75 Å². The van der Waals surface area contributed by atoms with Gasteiger partial charge in [0.25, 0.3) is 0 Å². The first-order valence-electron chi connectivity index (χ1n) is 8.02. The van der Waals surface area contributed by atoms with E-state index in [1.54, 1.807) is 11.3 Å². The summed E-state index contributed by atoms with van der Waals surface area (Å²) in [4.78, 5) is 1.14. The Morgan fingerprint density at radius 1 is 1.18 bits per heavy atom. The van der Waals surface area contributed by atoms with Gasteiger partial charge in [-0.15, -0.1) is 21.5 Å². The topological polar surface area (TPSA) is 30.7 Å². The lowest BCUT2D eigenvalue weighted by Gasteiger charge is -2.42. The Labute approximate surface area is 137 Å². The van der Waals surface area contributed by atoms with Crippen LogP contribution in [0.15, 0.2) is 12.1 Å². The van der Waals surface area contributed by atoms with Gasteiger partial charge in [0.15, 0.2) is 0 Å². The molecular formula is C16H17ClFN3S. The average Bonchev–Trinajstić information content (AvgIpc) is 3.39. The largest absolute Gasteiger partial charge is 0.311 e. The fourth-order valence-electron chi connectivity index (χ4n) is 3.70. The number of hydrogen-bond acceptors (Lipinski definition) is 3. The highest BCUT2D eigenvalue weighted by molar-refractivity contribution is 7.16. The minimum Gasteiger partial charge on any atom is -0.311 e. The lowest BCUT2D eigenvalue weighted by atomic mass is 9.65. The van der Waals surface area contributed by atoms with Gasteiger partial charge in [0.2, 0.25) is 0 Å². The minimum absolute atomic E-state index is 0.306. The lowest BCUT2D eigenvalue weighted by molar-refractivity contribution is 0.116. The van der Waals surface area contributed by atoms with Crippen molar-refractivity contribution in [1.29, 1.82) is 0 Å². The fourth-order valence-corrected chi connectivity index (χ4v) is 4.95. The van der Waals surface area contributed by atoms with Crippen molar-refractivity contribution in [2.45, 2.75) is 62.1 Å². The van der Waals surface area contributed by atoms with Crippen molar-refractivity contribution in [3.8, 4) is 0 Å². The number of aromatic nitrogens is 3. The molecule has 0 aliphatic heterocycles. The molecule has 0 atom stereocenters. The van der Waals surface area contributed by atoms with Gasteiger partial charge < -0.3 is 4.57 Å². The molecule has 5 rings (SSSR count). The van der Waals surface area contributed by atoms with Crippen molar-refractivity contribution >= 4 is 22.9 Å². The molecule has 0 N–H and O–H groups in total. The monoisotopic (exact) mass is 337 g/mol. The molecular weight excluding hydrogens is 321 g/mol. The van der Waals surface area contributed by atoms with Gasteiger partial charge in [-0.1, -0.05) is 11.6 Å². The molecule has 3 aliphatic rings. The predicted molar refractivity (Wildman–Crippen MR) is 84.5 cm³/mol. The highest BCUT2D eigenvalue weighted by Gasteiger charge is 2.53. The Kier molecular flexibility index (Phi) is 2.79. The molecule has 3 saturated carbocycles. The van der Waals surface area contributed by atoms with Crippen LogP contribution < -0.4 is 0 Å². The molecule has 6 heteroatoms. The average molecular weight is 338 g/mol. The van der Waals surface area contributed by atoms with E-state index >= 15 is 0 Å². The molecule has 0 amide bonds. The molecule has 2 heterocycles. The summed E-state index contributed by atoms with van der Waals surface area (Å²) in [6, 6.07) is 4.49. The van der Waals surface area contributed by atoms with Gasteiger partial charge in [0.1, 0.15) is 17.8 Å². The number of thiophene rings is 1. The molecule has 2 aromatic rings. The fraction of sp³-hybridized carbons (Fsp3) is 0.625. The summed E-state index contributed by atoms with van der Waals surface area (Å²) >= 11 is 7.69. The third-order valence-corrected chi connectivity index (χ3v) is 6.62. The molecule has 0 aromatic carbocycles. The highest BCUT2D eigenvalue weighted by Crippen LogP contribution is 2.55. The van der Waals surface area contributed by atoms with Crippen molar-refractivity contribution in [3.05, 3.63) is 33.0 Å². The Balaban J connectivity index is 1.64. The van der Waals surface area contributed by atoms with Gasteiger partial charge in [-0.2, -0.15) is 0 Å². The van der Waals surface area contributed by atoms with E-state index in [2.05, 4.69) is 14.8 Å². The van der Waals surface area contributed by atoms with Crippen LogP contribution in [0.1, 0.15) is 67.0 Å². The molecule has 0 saturated heterocycles. The van der Waals surface area contributed by atoms with Gasteiger partial charge in [-0.3, -0.25) is 0 Å². The lowest BCUT2D eigenvalue weighted by Crippen LogP contribution is -2.45. The molecule has 22 heavy (non-hydrogen) atoms. The zero-order chi connectivity index (χ0) is 14.9. The van der Waals surface area contributed by atoms with Gasteiger partial charge in [0, 0.05) is 16.8 Å². The normalized spacial score (nSPS) is 31.3. The number of nitrogens with zero attached hydrogens (tertiary/aromatic N) is 3. The van der Waals surface area contributed by atoms with Crippen LogP contribution in [-0.4, -0.2) is 20.9 Å². The summed E-state index contributed by atoms with van der Waals surface area (Å²) in [7, 11) is 0. The maximum Gasteiger partial charge on any atom is 0.145 e. The SMILES string of the molecule is F[C@H]1C[C@@](c2ccc(Cl)s2)(c2nnc(C3CC3)n2C2CC2)C1. The first kappa shape index (κ1) is 13.5. The molecule has 3 aliphatic carbocycles. The Morgan fingerprint density at radius 2 is 1.95 bits per heavy atom. The van der Waals surface area contributed by atoms with Crippen molar-refractivity contribution in [3.63, 3.8) is 0 Å². The smallest absolute Gasteiger partial charge is 0.145 e. The Bertz CT molecular complexity index is 726. The maximum absolute atomic E-state index is 13.8. The number of halogens is 2. The van der Waals surface area contributed by atoms with E-state index < -0.39 is 6.17 Å². The molecule has 0 radical (unpaired) electrons. The maximum atomic E-state index is 13.8. The quantitative estimate of drug-likeness (QED) is 0.814. The van der Waals surface area contributed by atoms with E-state index in [9.17, 15) is 4.39 Å². The van der Waals surface area contributed by atoms with E-state index in [0.717, 1.165) is 20.9 Å². The molecule has 3 fully saturated rings. The van der Waals surface area contributed by atoms with E-state index in [-0.39, 0.29) is 5.41 Å². The van der Waals surface area contributed by atoms with E-state index in [1.807, 2.05) is 12.1 Å². The van der Waals surface area contributed by atoms with Crippen molar-refractivity contribution < 1.29 is 4.39 Å². The summed E-state index contributed by atoms with van der Waals surface area (Å²) in [6.45, 7) is 0. The summed E-state index contributed by atoms with van der Waals surface area (Å²) in [5.41, 5.74) is -0.306. The summed E-state index contributed by atoms with van der Waals surface area (Å²) in [5.74, 6) is 2.71. The van der Waals surface area contributed by atoms with E-state index in [1.165, 1.54) is 25.7 Å². The van der Waals surface area contributed by atoms with Crippen LogP contribution in [-0.2, 0) is 5.41 Å². The van der Waals surface area contributed by atoms with E-state index in [0.29, 0.717) is 24.8 Å². The van der Waals surface area contributed by atoms with E-state index in [4.69, 9.17) is 11.6 Å². The first-order chi connectivity index (χ1) is 10.7. The Morgan fingerprint density at radius 3 is 2.50 bits per heavy atom. The van der Waals surface area contributed by atoms with Crippen LogP contribution in [0.3, 0.4) is 0 Å². The summed E-state index contributed by atoms with van der Waals surface area (Å²) in [5, 5.41) is 9.07. The third kappa shape index (κ3) is 1.91. The van der Waals surface area contributed by atoms with Gasteiger partial charge in [-0.25, -0.2) is 4.39 Å². The predicted octanol–water partition coefficient (Wildman–Crippen LogP) is 4.62. The second-order valence-corrected chi connectivity index (χ2v) is 8.66. The first-order valence-corrected chi connectivity index (χ1v) is 9.22. The molecule has 3 nitrogen and oxygen atoms in total. The number of hydrogen-bond donors (Lipinski definition) is 0. The standard InChI is InChI=1S/C16H17ClFN3S/c17-13-6-5-12(22-13)16(7-10(18)8-16)15-20-19-14(9-1-2-9)21(15)11-3-4-11/h5-6,9-11H,1-4,7-8H2/t10-,16+. The van der Waals surface area contributed by atoms with Crippen LogP contribution in [0.4, 0.5) is 4.39 Å². The second-order valence-electron chi connectivity index (χ2n) is 6.95. The van der Waals surface area contributed by atoms with Crippen LogP contribution in [0.5, 0.6) is 0 Å². The molecule has 0 unspecified atom stereocenters.